The van der Waals surface area contributed by atoms with Gasteiger partial charge in [0.1, 0.15) is 5.75 Å². The first-order valence-electron chi connectivity index (χ1n) is 6.05. The lowest BCUT2D eigenvalue weighted by Crippen LogP contribution is -2.36. The van der Waals surface area contributed by atoms with Crippen LogP contribution in [0.3, 0.4) is 0 Å². The van der Waals surface area contributed by atoms with Crippen molar-refractivity contribution in [2.45, 2.75) is 24.9 Å². The average molecular weight is 259 g/mol. The molecule has 0 bridgehead atoms. The first kappa shape index (κ1) is 13.2. The van der Waals surface area contributed by atoms with Gasteiger partial charge in [-0.1, -0.05) is 12.1 Å². The quantitative estimate of drug-likeness (QED) is 0.855. The van der Waals surface area contributed by atoms with E-state index >= 15 is 0 Å². The highest BCUT2D eigenvalue weighted by molar-refractivity contribution is 5.29. The summed E-state index contributed by atoms with van der Waals surface area (Å²) in [6.07, 6.45) is -3.17. The Balaban J connectivity index is 2.27. The average Bonchev–Trinajstić information content (AvgIpc) is 2.32. The maximum absolute atomic E-state index is 13.2. The van der Waals surface area contributed by atoms with Crippen LogP contribution in [-0.4, -0.2) is 24.4 Å². The minimum Gasteiger partial charge on any atom is -0.508 e. The lowest BCUT2D eigenvalue weighted by Gasteiger charge is -2.32. The van der Waals surface area contributed by atoms with E-state index in [0.717, 1.165) is 0 Å². The van der Waals surface area contributed by atoms with Gasteiger partial charge in [0, 0.05) is 0 Å². The van der Waals surface area contributed by atoms with Gasteiger partial charge in [0.15, 0.2) is 0 Å². The van der Waals surface area contributed by atoms with E-state index in [1.807, 2.05) is 0 Å². The molecule has 100 valence electrons. The molecule has 2 rings (SSSR count). The number of phenolic OH excluding ortho intramolecular Hbond substituents is 1. The van der Waals surface area contributed by atoms with Crippen molar-refractivity contribution in [1.29, 1.82) is 0 Å². The molecule has 0 aromatic heterocycles. The number of phenols is 1. The van der Waals surface area contributed by atoms with Crippen LogP contribution in [0, 0.1) is 5.92 Å². The van der Waals surface area contributed by atoms with Crippen LogP contribution in [0.15, 0.2) is 24.3 Å². The number of hydrogen-bond donors (Lipinski definition) is 2. The summed E-state index contributed by atoms with van der Waals surface area (Å²) in [5.41, 5.74) is 0.243. The van der Waals surface area contributed by atoms with Crippen LogP contribution in [0.1, 0.15) is 24.3 Å². The second-order valence-electron chi connectivity index (χ2n) is 4.70. The Morgan fingerprint density at radius 3 is 2.17 bits per heavy atom. The van der Waals surface area contributed by atoms with E-state index in [1.54, 1.807) is 0 Å². The lowest BCUT2D eigenvalue weighted by molar-refractivity contribution is -0.164. The number of alkyl halides is 3. The van der Waals surface area contributed by atoms with Gasteiger partial charge in [-0.2, -0.15) is 13.2 Å². The van der Waals surface area contributed by atoms with Crippen molar-refractivity contribution < 1.29 is 18.3 Å². The summed E-state index contributed by atoms with van der Waals surface area (Å²) in [5.74, 6) is -1.82. The van der Waals surface area contributed by atoms with Gasteiger partial charge in [0.05, 0.1) is 5.92 Å². The van der Waals surface area contributed by atoms with Gasteiger partial charge in [-0.05, 0) is 49.5 Å². The van der Waals surface area contributed by atoms with Gasteiger partial charge >= 0.3 is 6.18 Å². The fourth-order valence-electron chi connectivity index (χ4n) is 2.59. The molecular weight excluding hydrogens is 243 g/mol. The van der Waals surface area contributed by atoms with Crippen molar-refractivity contribution in [2.75, 3.05) is 13.1 Å². The minimum atomic E-state index is -4.24. The Labute approximate surface area is 104 Å². The Morgan fingerprint density at radius 1 is 1.11 bits per heavy atom. The number of benzene rings is 1. The molecule has 2 nitrogen and oxygen atoms in total. The number of aromatic hydroxyl groups is 1. The molecule has 1 aliphatic rings. The van der Waals surface area contributed by atoms with Gasteiger partial charge in [0.25, 0.3) is 0 Å². The van der Waals surface area contributed by atoms with Crippen molar-refractivity contribution in [3.8, 4) is 5.75 Å². The molecule has 1 fully saturated rings. The molecular formula is C13H16F3NO. The van der Waals surface area contributed by atoms with E-state index in [2.05, 4.69) is 5.32 Å². The molecule has 5 heteroatoms. The van der Waals surface area contributed by atoms with Gasteiger partial charge in [-0.15, -0.1) is 0 Å². The second-order valence-corrected chi connectivity index (χ2v) is 4.70. The maximum atomic E-state index is 13.2. The van der Waals surface area contributed by atoms with Crippen LogP contribution in [0.4, 0.5) is 13.2 Å². The number of piperidine rings is 1. The molecule has 18 heavy (non-hydrogen) atoms. The molecule has 1 atom stereocenters. The summed E-state index contributed by atoms with van der Waals surface area (Å²) in [6, 6.07) is 5.37. The molecule has 0 aliphatic carbocycles. The summed E-state index contributed by atoms with van der Waals surface area (Å²) in [7, 11) is 0. The molecule has 1 aromatic carbocycles. The highest BCUT2D eigenvalue weighted by Crippen LogP contribution is 2.43. The Morgan fingerprint density at radius 2 is 1.67 bits per heavy atom. The van der Waals surface area contributed by atoms with E-state index in [4.69, 9.17) is 5.11 Å². The third-order valence-corrected chi connectivity index (χ3v) is 3.46. The van der Waals surface area contributed by atoms with Crippen molar-refractivity contribution in [2.24, 2.45) is 5.92 Å². The lowest BCUT2D eigenvalue weighted by atomic mass is 9.80. The van der Waals surface area contributed by atoms with Crippen molar-refractivity contribution in [3.63, 3.8) is 0 Å². The fourth-order valence-corrected chi connectivity index (χ4v) is 2.59. The largest absolute Gasteiger partial charge is 0.508 e. The van der Waals surface area contributed by atoms with E-state index in [0.29, 0.717) is 25.9 Å². The van der Waals surface area contributed by atoms with Crippen LogP contribution in [0.25, 0.3) is 0 Å². The Kier molecular flexibility index (Phi) is 3.80. The monoisotopic (exact) mass is 259 g/mol. The van der Waals surface area contributed by atoms with Gasteiger partial charge in [-0.3, -0.25) is 0 Å². The molecule has 1 heterocycles. The molecule has 1 aromatic rings. The fraction of sp³-hybridized carbons (Fsp3) is 0.538. The first-order chi connectivity index (χ1) is 8.48. The van der Waals surface area contributed by atoms with Crippen molar-refractivity contribution >= 4 is 0 Å². The Hall–Kier alpha value is -1.23. The number of nitrogens with one attached hydrogen (secondary N) is 1. The predicted octanol–water partition coefficient (Wildman–Crippen LogP) is 3.04. The third kappa shape index (κ3) is 2.96. The zero-order valence-corrected chi connectivity index (χ0v) is 9.87. The topological polar surface area (TPSA) is 32.3 Å². The van der Waals surface area contributed by atoms with Crippen molar-refractivity contribution in [1.82, 2.24) is 5.32 Å². The molecule has 1 unspecified atom stereocenters. The van der Waals surface area contributed by atoms with Crippen molar-refractivity contribution in [3.05, 3.63) is 29.8 Å². The molecule has 0 spiro atoms. The van der Waals surface area contributed by atoms with Crippen LogP contribution in [-0.2, 0) is 0 Å². The normalized spacial score (nSPS) is 19.7. The van der Waals surface area contributed by atoms with Crippen LogP contribution >= 0.6 is 0 Å². The van der Waals surface area contributed by atoms with Gasteiger partial charge in [-0.25, -0.2) is 0 Å². The smallest absolute Gasteiger partial charge is 0.396 e. The summed E-state index contributed by atoms with van der Waals surface area (Å²) in [6.45, 7) is 1.27. The summed E-state index contributed by atoms with van der Waals surface area (Å²) < 4.78 is 39.6. The molecule has 1 aliphatic heterocycles. The maximum Gasteiger partial charge on any atom is 0.396 e. The Bertz CT molecular complexity index is 382. The number of hydrogen-bond acceptors (Lipinski definition) is 2. The van der Waals surface area contributed by atoms with Crippen LogP contribution < -0.4 is 5.32 Å². The van der Waals surface area contributed by atoms with Crippen LogP contribution in [0.2, 0.25) is 0 Å². The van der Waals surface area contributed by atoms with Gasteiger partial charge in [0.2, 0.25) is 0 Å². The first-order valence-corrected chi connectivity index (χ1v) is 6.05. The highest BCUT2D eigenvalue weighted by atomic mass is 19.4. The molecule has 0 amide bonds. The second kappa shape index (κ2) is 5.18. The van der Waals surface area contributed by atoms with Gasteiger partial charge < -0.3 is 10.4 Å². The number of rotatable bonds is 2. The molecule has 1 saturated heterocycles. The SMILES string of the molecule is Oc1ccc(C(C2CCNCC2)C(F)(F)F)cc1. The molecule has 2 N–H and O–H groups in total. The zero-order chi connectivity index (χ0) is 13.2. The molecule has 0 radical (unpaired) electrons. The third-order valence-electron chi connectivity index (χ3n) is 3.46. The molecule has 0 saturated carbocycles. The zero-order valence-electron chi connectivity index (χ0n) is 9.87. The summed E-state index contributed by atoms with van der Waals surface area (Å²) in [5, 5.41) is 12.2. The van der Waals surface area contributed by atoms with E-state index in [-0.39, 0.29) is 17.2 Å². The standard InChI is InChI=1S/C13H16F3NO/c14-13(15,16)12(10-5-7-17-8-6-10)9-1-3-11(18)4-2-9/h1-4,10,12,17-18H,5-8H2. The summed E-state index contributed by atoms with van der Waals surface area (Å²) >= 11 is 0. The van der Waals surface area contributed by atoms with E-state index in [9.17, 15) is 13.2 Å². The predicted molar refractivity (Wildman–Crippen MR) is 62.5 cm³/mol. The highest BCUT2D eigenvalue weighted by Gasteiger charge is 2.45. The van der Waals surface area contributed by atoms with E-state index in [1.165, 1.54) is 24.3 Å². The number of halogens is 3. The summed E-state index contributed by atoms with van der Waals surface area (Å²) in [4.78, 5) is 0. The van der Waals surface area contributed by atoms with E-state index < -0.39 is 12.1 Å². The minimum absolute atomic E-state index is 0.00927. The van der Waals surface area contributed by atoms with Crippen LogP contribution in [0.5, 0.6) is 5.75 Å².